The second-order valence-electron chi connectivity index (χ2n) is 8.49. The molecule has 1 aliphatic heterocycles. The molecule has 178 valence electrons. The van der Waals surface area contributed by atoms with E-state index >= 15 is 0 Å². The summed E-state index contributed by atoms with van der Waals surface area (Å²) >= 11 is 0. The molecule has 2 aromatic carbocycles. The summed E-state index contributed by atoms with van der Waals surface area (Å²) in [5.74, 6) is -0.548. The quantitative estimate of drug-likeness (QED) is 0.430. The van der Waals surface area contributed by atoms with Crippen LogP contribution < -0.4 is 14.2 Å². The number of benzene rings is 2. The molecule has 0 bridgehead atoms. The van der Waals surface area contributed by atoms with Crippen molar-refractivity contribution < 1.29 is 43.5 Å². The van der Waals surface area contributed by atoms with Crippen molar-refractivity contribution in [3.8, 4) is 28.4 Å². The number of esters is 2. The van der Waals surface area contributed by atoms with Gasteiger partial charge in [-0.05, 0) is 57.5 Å². The van der Waals surface area contributed by atoms with Gasteiger partial charge in [0.05, 0.1) is 24.2 Å². The maximum absolute atomic E-state index is 12.5. The minimum Gasteiger partial charge on any atom is -0.493 e. The number of aliphatic hydroxyl groups is 2. The molecule has 0 saturated carbocycles. The molecule has 0 saturated heterocycles. The van der Waals surface area contributed by atoms with E-state index in [0.717, 1.165) is 0 Å². The molecule has 1 aliphatic rings. The Kier molecular flexibility index (Phi) is 7.14. The van der Waals surface area contributed by atoms with Gasteiger partial charge in [-0.2, -0.15) is 0 Å². The maximum Gasteiger partial charge on any atom is 0.338 e. The summed E-state index contributed by atoms with van der Waals surface area (Å²) in [6.07, 6.45) is -0.288. The Labute approximate surface area is 191 Å². The van der Waals surface area contributed by atoms with E-state index in [1.165, 1.54) is 7.11 Å². The van der Waals surface area contributed by atoms with Gasteiger partial charge < -0.3 is 33.9 Å². The molecule has 9 heteroatoms. The van der Waals surface area contributed by atoms with Crippen LogP contribution in [0.25, 0.3) is 11.1 Å². The number of hydrogen-bond donors (Lipinski definition) is 2. The molecule has 0 radical (unpaired) electrons. The van der Waals surface area contributed by atoms with Gasteiger partial charge in [0, 0.05) is 11.1 Å². The van der Waals surface area contributed by atoms with Gasteiger partial charge in [-0.25, -0.2) is 4.79 Å². The first-order valence-electron chi connectivity index (χ1n) is 10.4. The molecule has 0 fully saturated rings. The first kappa shape index (κ1) is 24.3. The van der Waals surface area contributed by atoms with E-state index in [1.54, 1.807) is 58.0 Å². The van der Waals surface area contributed by atoms with Gasteiger partial charge in [0.2, 0.25) is 5.75 Å². The number of cyclic esters (lactones) is 1. The number of hydrogen-bond acceptors (Lipinski definition) is 9. The smallest absolute Gasteiger partial charge is 0.338 e. The Bertz CT molecular complexity index is 1040. The highest BCUT2D eigenvalue weighted by Gasteiger charge is 2.33. The summed E-state index contributed by atoms with van der Waals surface area (Å²) in [4.78, 5) is 24.3. The van der Waals surface area contributed by atoms with Crippen LogP contribution in [0, 0.1) is 5.41 Å². The summed E-state index contributed by atoms with van der Waals surface area (Å²) in [7, 11) is 1.40. The molecule has 0 amide bonds. The van der Waals surface area contributed by atoms with E-state index in [2.05, 4.69) is 0 Å². The van der Waals surface area contributed by atoms with Crippen LogP contribution in [-0.2, 0) is 20.9 Å². The Morgan fingerprint density at radius 2 is 1.82 bits per heavy atom. The number of methoxy groups -OCH3 is 1. The normalized spacial score (nSPS) is 13.1. The summed E-state index contributed by atoms with van der Waals surface area (Å²) in [5.41, 5.74) is 1.38. The zero-order valence-corrected chi connectivity index (χ0v) is 19.2. The molecule has 3 rings (SSSR count). The van der Waals surface area contributed by atoms with Gasteiger partial charge in [-0.15, -0.1) is 0 Å². The van der Waals surface area contributed by atoms with Crippen LogP contribution in [-0.4, -0.2) is 48.4 Å². The van der Waals surface area contributed by atoms with Crippen molar-refractivity contribution in [3.63, 3.8) is 0 Å². The number of ether oxygens (including phenoxy) is 5. The average Bonchev–Trinajstić information content (AvgIpc) is 3.11. The fourth-order valence-electron chi connectivity index (χ4n) is 3.28. The van der Waals surface area contributed by atoms with Crippen LogP contribution in [0.15, 0.2) is 30.3 Å². The van der Waals surface area contributed by atoms with Crippen LogP contribution in [0.2, 0.25) is 0 Å². The lowest BCUT2D eigenvalue weighted by molar-refractivity contribution is -0.181. The number of fused-ring (bicyclic) bond motifs is 1. The minimum absolute atomic E-state index is 0.0501. The lowest BCUT2D eigenvalue weighted by atomic mass is 9.94. The fourth-order valence-corrected chi connectivity index (χ4v) is 3.28. The van der Waals surface area contributed by atoms with E-state index in [9.17, 15) is 19.8 Å². The molecule has 1 heterocycles. The number of rotatable bonds is 9. The van der Waals surface area contributed by atoms with Crippen molar-refractivity contribution in [1.29, 1.82) is 0 Å². The highest BCUT2D eigenvalue weighted by Crippen LogP contribution is 2.46. The standard InChI is InChI=1S/C24H28O9/c1-13(2)32-22(26)24(3,4)12-31-19-16(8-9-18(29-5)20(19)33-23(27)28)14-6-7-17-15(10-14)11-30-21(17)25/h6-10,13,23,27-28H,11-12H2,1-5H3. The van der Waals surface area contributed by atoms with Gasteiger partial charge in [-0.1, -0.05) is 6.07 Å². The molecule has 0 atom stereocenters. The highest BCUT2D eigenvalue weighted by atomic mass is 16.7. The number of aliphatic hydroxyl groups excluding tert-OH is 1. The van der Waals surface area contributed by atoms with Crippen LogP contribution >= 0.6 is 0 Å². The van der Waals surface area contributed by atoms with Gasteiger partial charge in [0.15, 0.2) is 11.5 Å². The molecular formula is C24H28O9. The Balaban J connectivity index is 2.05. The first-order valence-corrected chi connectivity index (χ1v) is 10.4. The molecule has 0 spiro atoms. The summed E-state index contributed by atoms with van der Waals surface area (Å²) in [5, 5.41) is 19.0. The predicted molar refractivity (Wildman–Crippen MR) is 117 cm³/mol. The predicted octanol–water partition coefficient (Wildman–Crippen LogP) is 3.04. The summed E-state index contributed by atoms with van der Waals surface area (Å²) < 4.78 is 27.0. The zero-order chi connectivity index (χ0) is 24.3. The van der Waals surface area contributed by atoms with Crippen molar-refractivity contribution in [1.82, 2.24) is 0 Å². The van der Waals surface area contributed by atoms with Crippen molar-refractivity contribution in [3.05, 3.63) is 41.5 Å². The van der Waals surface area contributed by atoms with Crippen LogP contribution in [0.1, 0.15) is 43.6 Å². The Morgan fingerprint density at radius 1 is 1.12 bits per heavy atom. The zero-order valence-electron chi connectivity index (χ0n) is 19.2. The lowest BCUT2D eigenvalue weighted by Gasteiger charge is -2.26. The molecular weight excluding hydrogens is 432 g/mol. The third-order valence-corrected chi connectivity index (χ3v) is 4.99. The van der Waals surface area contributed by atoms with Crippen LogP contribution in [0.5, 0.6) is 17.2 Å². The second-order valence-corrected chi connectivity index (χ2v) is 8.49. The summed E-state index contributed by atoms with van der Waals surface area (Å²) in [6.45, 7) is 4.79. The molecule has 0 aliphatic carbocycles. The molecule has 0 unspecified atom stereocenters. The third-order valence-electron chi connectivity index (χ3n) is 4.99. The Hall–Kier alpha value is -3.30. The van der Waals surface area contributed by atoms with Gasteiger partial charge in [0.25, 0.3) is 0 Å². The molecule has 0 aromatic heterocycles. The lowest BCUT2D eigenvalue weighted by Crippen LogP contribution is -2.34. The average molecular weight is 460 g/mol. The molecule has 9 nitrogen and oxygen atoms in total. The molecule has 2 N–H and O–H groups in total. The number of carbonyl (C=O) groups is 2. The van der Waals surface area contributed by atoms with Crippen LogP contribution in [0.4, 0.5) is 0 Å². The maximum atomic E-state index is 12.5. The van der Waals surface area contributed by atoms with Gasteiger partial charge in [-0.3, -0.25) is 4.79 Å². The van der Waals surface area contributed by atoms with Gasteiger partial charge >= 0.3 is 18.4 Å². The van der Waals surface area contributed by atoms with E-state index in [0.29, 0.717) is 22.3 Å². The SMILES string of the molecule is COc1ccc(-c2ccc3c(c2)COC3=O)c(OCC(C)(C)C(=O)OC(C)C)c1OC(O)O. The van der Waals surface area contributed by atoms with Crippen molar-refractivity contribution in [2.24, 2.45) is 5.41 Å². The van der Waals surface area contributed by atoms with Crippen molar-refractivity contribution in [2.45, 2.75) is 46.9 Å². The minimum atomic E-state index is -2.14. The monoisotopic (exact) mass is 460 g/mol. The first-order chi connectivity index (χ1) is 15.5. The molecule has 33 heavy (non-hydrogen) atoms. The topological polar surface area (TPSA) is 121 Å². The van der Waals surface area contributed by atoms with E-state index < -0.39 is 17.9 Å². The van der Waals surface area contributed by atoms with Crippen molar-refractivity contribution in [2.75, 3.05) is 13.7 Å². The van der Waals surface area contributed by atoms with E-state index in [4.69, 9.17) is 23.7 Å². The van der Waals surface area contributed by atoms with E-state index in [1.807, 2.05) is 0 Å². The van der Waals surface area contributed by atoms with Gasteiger partial charge in [0.1, 0.15) is 13.2 Å². The summed E-state index contributed by atoms with van der Waals surface area (Å²) in [6, 6.07) is 8.46. The largest absolute Gasteiger partial charge is 0.493 e. The second kappa shape index (κ2) is 9.68. The van der Waals surface area contributed by atoms with Crippen molar-refractivity contribution >= 4 is 11.9 Å². The third kappa shape index (κ3) is 5.37. The molecule has 2 aromatic rings. The Morgan fingerprint density at radius 3 is 2.45 bits per heavy atom. The fraction of sp³-hybridized carbons (Fsp3) is 0.417. The highest BCUT2D eigenvalue weighted by molar-refractivity contribution is 5.94. The van der Waals surface area contributed by atoms with E-state index in [-0.39, 0.29) is 42.5 Å². The number of carbonyl (C=O) groups excluding carboxylic acids is 2. The van der Waals surface area contributed by atoms with Crippen LogP contribution in [0.3, 0.4) is 0 Å².